The first-order valence-electron chi connectivity index (χ1n) is 11.7. The third kappa shape index (κ3) is 4.26. The molecule has 2 amide bonds. The highest BCUT2D eigenvalue weighted by Gasteiger charge is 2.53. The maximum Gasteiger partial charge on any atom is 0.253 e. The quantitative estimate of drug-likeness (QED) is 0.758. The predicted octanol–water partition coefficient (Wildman–Crippen LogP) is 3.81. The molecule has 2 aromatic rings. The van der Waals surface area contributed by atoms with E-state index in [0.29, 0.717) is 5.56 Å². The summed E-state index contributed by atoms with van der Waals surface area (Å²) < 4.78 is 0. The van der Waals surface area contributed by atoms with Gasteiger partial charge in [-0.1, -0.05) is 55.7 Å². The number of likely N-dealkylation sites (tertiary alicyclic amines) is 1. The first-order valence-corrected chi connectivity index (χ1v) is 11.7. The number of nitrogens with zero attached hydrogens (tertiary/aromatic N) is 3. The van der Waals surface area contributed by atoms with Crippen LogP contribution in [0.15, 0.2) is 48.5 Å². The summed E-state index contributed by atoms with van der Waals surface area (Å²) in [5.41, 5.74) is 3.45. The van der Waals surface area contributed by atoms with Crippen LogP contribution in [0.2, 0.25) is 0 Å². The standard InChI is InChI=1S/C27H31N3O3/c1-29(2)26(32)20-14-12-18(13-15-20)21-10-6-7-11-22(21)25-23(16-28)30(24(25)17-31)27(33)19-8-4-3-5-9-19/h6-7,10-15,19,23-25,31H,3-5,8-9,17H2,1-2H3/t23-,24-,25+/m1/s1. The van der Waals surface area contributed by atoms with E-state index in [9.17, 15) is 20.0 Å². The number of benzene rings is 2. The van der Waals surface area contributed by atoms with Crippen LogP contribution in [0.3, 0.4) is 0 Å². The molecule has 0 radical (unpaired) electrons. The highest BCUT2D eigenvalue weighted by atomic mass is 16.3. The van der Waals surface area contributed by atoms with E-state index in [1.807, 2.05) is 36.4 Å². The Morgan fingerprint density at radius 3 is 2.33 bits per heavy atom. The molecule has 2 aromatic carbocycles. The molecule has 33 heavy (non-hydrogen) atoms. The molecule has 1 saturated carbocycles. The molecule has 0 bridgehead atoms. The van der Waals surface area contributed by atoms with Gasteiger partial charge in [0.25, 0.3) is 5.91 Å². The SMILES string of the molecule is CN(C)C(=O)c1ccc(-c2ccccc2[C@H]2[C@@H](C#N)N(C(=O)C3CCCCC3)[C@@H]2CO)cc1. The Hall–Kier alpha value is -3.17. The molecule has 1 N–H and O–H groups in total. The van der Waals surface area contributed by atoms with Crippen molar-refractivity contribution in [1.29, 1.82) is 5.26 Å². The Kier molecular flexibility index (Phi) is 6.80. The fraction of sp³-hybridized carbons (Fsp3) is 0.444. The van der Waals surface area contributed by atoms with Crippen molar-refractivity contribution in [2.24, 2.45) is 5.92 Å². The minimum absolute atomic E-state index is 0.0144. The van der Waals surface area contributed by atoms with Crippen molar-refractivity contribution in [2.45, 2.75) is 50.1 Å². The minimum atomic E-state index is -0.590. The van der Waals surface area contributed by atoms with E-state index in [4.69, 9.17) is 0 Å². The minimum Gasteiger partial charge on any atom is -0.394 e. The number of carbonyl (C=O) groups is 2. The van der Waals surface area contributed by atoms with Crippen LogP contribution >= 0.6 is 0 Å². The molecule has 172 valence electrons. The van der Waals surface area contributed by atoms with Crippen LogP contribution in [0.4, 0.5) is 0 Å². The maximum absolute atomic E-state index is 13.2. The van der Waals surface area contributed by atoms with Crippen LogP contribution in [-0.2, 0) is 4.79 Å². The summed E-state index contributed by atoms with van der Waals surface area (Å²) in [6.07, 6.45) is 4.98. The average molecular weight is 446 g/mol. The normalized spacial score (nSPS) is 22.8. The highest BCUT2D eigenvalue weighted by Crippen LogP contribution is 2.45. The molecule has 1 aliphatic heterocycles. The highest BCUT2D eigenvalue weighted by molar-refractivity contribution is 5.94. The van der Waals surface area contributed by atoms with Gasteiger partial charge in [-0.2, -0.15) is 5.26 Å². The number of rotatable bonds is 5. The Balaban J connectivity index is 1.64. The van der Waals surface area contributed by atoms with Gasteiger partial charge in [0.05, 0.1) is 18.7 Å². The van der Waals surface area contributed by atoms with E-state index < -0.39 is 12.1 Å². The molecule has 0 aromatic heterocycles. The summed E-state index contributed by atoms with van der Waals surface area (Å²) in [5.74, 6) is -0.343. The monoisotopic (exact) mass is 445 g/mol. The summed E-state index contributed by atoms with van der Waals surface area (Å²) in [5, 5.41) is 20.2. The predicted molar refractivity (Wildman–Crippen MR) is 126 cm³/mol. The zero-order valence-electron chi connectivity index (χ0n) is 19.3. The molecule has 3 atom stereocenters. The van der Waals surface area contributed by atoms with E-state index in [1.54, 1.807) is 36.0 Å². The average Bonchev–Trinajstić information content (AvgIpc) is 2.84. The van der Waals surface area contributed by atoms with Crippen molar-refractivity contribution < 1.29 is 14.7 Å². The van der Waals surface area contributed by atoms with Gasteiger partial charge in [0.15, 0.2) is 0 Å². The third-order valence-corrected chi connectivity index (χ3v) is 7.11. The molecule has 1 heterocycles. The lowest BCUT2D eigenvalue weighted by atomic mass is 9.72. The van der Waals surface area contributed by atoms with E-state index in [1.165, 1.54) is 0 Å². The van der Waals surface area contributed by atoms with Crippen LogP contribution < -0.4 is 0 Å². The van der Waals surface area contributed by atoms with E-state index >= 15 is 0 Å². The van der Waals surface area contributed by atoms with Crippen molar-refractivity contribution in [3.8, 4) is 17.2 Å². The number of hydrogen-bond acceptors (Lipinski definition) is 4. The van der Waals surface area contributed by atoms with Crippen molar-refractivity contribution in [3.05, 3.63) is 59.7 Å². The molecule has 1 aliphatic carbocycles. The summed E-state index contributed by atoms with van der Waals surface area (Å²) in [6, 6.07) is 16.6. The van der Waals surface area contributed by atoms with Gasteiger partial charge in [-0.25, -0.2) is 0 Å². The van der Waals surface area contributed by atoms with Crippen molar-refractivity contribution in [3.63, 3.8) is 0 Å². The largest absolute Gasteiger partial charge is 0.394 e. The van der Waals surface area contributed by atoms with Crippen LogP contribution in [0.25, 0.3) is 11.1 Å². The molecule has 6 nitrogen and oxygen atoms in total. The van der Waals surface area contributed by atoms with Crippen molar-refractivity contribution >= 4 is 11.8 Å². The topological polar surface area (TPSA) is 84.6 Å². The number of aliphatic hydroxyl groups excluding tert-OH is 1. The maximum atomic E-state index is 13.2. The Morgan fingerprint density at radius 1 is 1.06 bits per heavy atom. The molecule has 0 unspecified atom stereocenters. The molecule has 0 spiro atoms. The van der Waals surface area contributed by atoms with Crippen molar-refractivity contribution in [2.75, 3.05) is 20.7 Å². The van der Waals surface area contributed by atoms with E-state index in [2.05, 4.69) is 6.07 Å². The summed E-state index contributed by atoms with van der Waals surface area (Å²) in [6.45, 7) is -0.175. The number of amides is 2. The van der Waals surface area contributed by atoms with E-state index in [-0.39, 0.29) is 30.3 Å². The van der Waals surface area contributed by atoms with Gasteiger partial charge in [0, 0.05) is 31.5 Å². The van der Waals surface area contributed by atoms with Gasteiger partial charge in [-0.05, 0) is 41.7 Å². The van der Waals surface area contributed by atoms with Gasteiger partial charge in [0.1, 0.15) is 6.04 Å². The zero-order chi connectivity index (χ0) is 23.5. The first kappa shape index (κ1) is 23.0. The molecular formula is C27H31N3O3. The molecule has 2 aliphatic rings. The Labute approximate surface area is 195 Å². The fourth-order valence-corrected chi connectivity index (χ4v) is 5.34. The number of hydrogen-bond donors (Lipinski definition) is 1. The van der Waals surface area contributed by atoms with Crippen molar-refractivity contribution in [1.82, 2.24) is 9.80 Å². The molecular weight excluding hydrogens is 414 g/mol. The molecule has 6 heteroatoms. The first-order chi connectivity index (χ1) is 16.0. The van der Waals surface area contributed by atoms with Gasteiger partial charge < -0.3 is 14.9 Å². The summed E-state index contributed by atoms with van der Waals surface area (Å²) in [4.78, 5) is 28.7. The Morgan fingerprint density at radius 2 is 1.73 bits per heavy atom. The van der Waals surface area contributed by atoms with Gasteiger partial charge >= 0.3 is 0 Å². The Bertz CT molecular complexity index is 1050. The van der Waals surface area contributed by atoms with Crippen LogP contribution in [0.1, 0.15) is 53.9 Å². The lowest BCUT2D eigenvalue weighted by molar-refractivity contribution is -0.152. The number of nitriles is 1. The lowest BCUT2D eigenvalue weighted by Gasteiger charge is -2.53. The van der Waals surface area contributed by atoms with Gasteiger partial charge in [0.2, 0.25) is 5.91 Å². The number of carbonyl (C=O) groups excluding carboxylic acids is 2. The van der Waals surface area contributed by atoms with Crippen LogP contribution in [0, 0.1) is 17.2 Å². The summed E-state index contributed by atoms with van der Waals surface area (Å²) >= 11 is 0. The fourth-order valence-electron chi connectivity index (χ4n) is 5.34. The molecule has 2 fully saturated rings. The zero-order valence-corrected chi connectivity index (χ0v) is 19.3. The smallest absolute Gasteiger partial charge is 0.253 e. The second kappa shape index (κ2) is 9.76. The van der Waals surface area contributed by atoms with Crippen LogP contribution in [0.5, 0.6) is 0 Å². The summed E-state index contributed by atoms with van der Waals surface area (Å²) in [7, 11) is 3.44. The van der Waals surface area contributed by atoms with Crippen LogP contribution in [-0.4, -0.2) is 59.5 Å². The second-order valence-electron chi connectivity index (χ2n) is 9.29. The second-order valence-corrected chi connectivity index (χ2v) is 9.29. The van der Waals surface area contributed by atoms with Gasteiger partial charge in [-0.3, -0.25) is 9.59 Å². The third-order valence-electron chi connectivity index (χ3n) is 7.11. The van der Waals surface area contributed by atoms with E-state index in [0.717, 1.165) is 48.8 Å². The van der Waals surface area contributed by atoms with Gasteiger partial charge in [-0.15, -0.1) is 0 Å². The lowest BCUT2D eigenvalue weighted by Crippen LogP contribution is -2.66. The molecule has 4 rings (SSSR count). The molecule has 1 saturated heterocycles. The number of aliphatic hydroxyl groups is 1.